The minimum Gasteiger partial charge on any atom is -0.481 e. The van der Waals surface area contributed by atoms with Crippen molar-refractivity contribution >= 4 is 5.97 Å². The second kappa shape index (κ2) is 27.4. The molecule has 4 nitrogen and oxygen atoms in total. The van der Waals surface area contributed by atoms with Gasteiger partial charge in [-0.05, 0) is 44.9 Å². The van der Waals surface area contributed by atoms with E-state index in [1.807, 2.05) is 0 Å². The van der Waals surface area contributed by atoms with Crippen LogP contribution in [-0.4, -0.2) is 34.0 Å². The Morgan fingerprint density at radius 2 is 1.03 bits per heavy atom. The third-order valence-electron chi connectivity index (χ3n) is 5.93. The van der Waals surface area contributed by atoms with Crippen molar-refractivity contribution in [1.82, 2.24) is 0 Å². The van der Waals surface area contributed by atoms with Gasteiger partial charge < -0.3 is 15.3 Å². The van der Waals surface area contributed by atoms with Crippen LogP contribution in [0.2, 0.25) is 0 Å². The van der Waals surface area contributed by atoms with Gasteiger partial charge in [-0.15, -0.1) is 0 Å². The SMILES string of the molecule is CC(O)CCCCO.CCCCCCCCCCC(CCCCCCCC)CC(=O)O. The summed E-state index contributed by atoms with van der Waals surface area (Å²) >= 11 is 0. The third-order valence-corrected chi connectivity index (χ3v) is 5.93. The number of carboxylic acid groups (broad SMARTS) is 1. The molecule has 0 radical (unpaired) electrons. The van der Waals surface area contributed by atoms with E-state index >= 15 is 0 Å². The topological polar surface area (TPSA) is 77.8 Å². The maximum Gasteiger partial charge on any atom is 0.303 e. The van der Waals surface area contributed by atoms with Crippen LogP contribution < -0.4 is 0 Å². The number of carboxylic acids is 1. The van der Waals surface area contributed by atoms with Crippen molar-refractivity contribution in [2.45, 2.75) is 155 Å². The summed E-state index contributed by atoms with van der Waals surface area (Å²) in [6, 6.07) is 0. The number of hydrogen-bond acceptors (Lipinski definition) is 3. The Balaban J connectivity index is 0. The standard InChI is InChI=1S/C21H42O2.C6H14O2/c1-3-5-7-9-11-12-14-16-18-20(19-21(22)23)17-15-13-10-8-6-4-2;1-6(8)4-2-3-5-7/h20H,3-19H2,1-2H3,(H,22,23);6-8H,2-5H2,1H3. The van der Waals surface area contributed by atoms with E-state index in [0.717, 1.165) is 32.1 Å². The average molecular weight is 445 g/mol. The lowest BCUT2D eigenvalue weighted by atomic mass is 9.91. The molecule has 0 heterocycles. The molecule has 0 aromatic carbocycles. The summed E-state index contributed by atoms with van der Waals surface area (Å²) in [7, 11) is 0. The zero-order valence-electron chi connectivity index (χ0n) is 21.3. The molecule has 3 N–H and O–H groups in total. The molecule has 188 valence electrons. The van der Waals surface area contributed by atoms with E-state index in [2.05, 4.69) is 13.8 Å². The summed E-state index contributed by atoms with van der Waals surface area (Å²) in [5.74, 6) is -0.195. The number of carbonyl (C=O) groups is 1. The van der Waals surface area contributed by atoms with Crippen LogP contribution >= 0.6 is 0 Å². The number of rotatable bonds is 22. The minimum absolute atomic E-state index is 0.207. The number of aliphatic hydroxyl groups excluding tert-OH is 2. The molecule has 0 fully saturated rings. The molecule has 2 atom stereocenters. The first kappa shape index (κ1) is 32.6. The molecule has 0 spiro atoms. The normalized spacial score (nSPS) is 12.8. The van der Waals surface area contributed by atoms with E-state index in [1.54, 1.807) is 6.92 Å². The van der Waals surface area contributed by atoms with E-state index in [4.69, 9.17) is 15.3 Å². The zero-order valence-corrected chi connectivity index (χ0v) is 21.3. The van der Waals surface area contributed by atoms with Gasteiger partial charge in [-0.25, -0.2) is 0 Å². The molecule has 0 saturated carbocycles. The van der Waals surface area contributed by atoms with Gasteiger partial charge in [-0.2, -0.15) is 0 Å². The van der Waals surface area contributed by atoms with Crippen molar-refractivity contribution in [3.8, 4) is 0 Å². The van der Waals surface area contributed by atoms with Crippen molar-refractivity contribution < 1.29 is 20.1 Å². The molecule has 0 aromatic rings. The molecular weight excluding hydrogens is 388 g/mol. The maximum atomic E-state index is 11.0. The molecule has 0 aliphatic carbocycles. The van der Waals surface area contributed by atoms with Crippen molar-refractivity contribution in [3.63, 3.8) is 0 Å². The predicted octanol–water partition coefficient (Wildman–Crippen LogP) is 7.89. The summed E-state index contributed by atoms with van der Waals surface area (Å²) in [5.41, 5.74) is 0. The number of hydrogen-bond donors (Lipinski definition) is 3. The lowest BCUT2D eigenvalue weighted by molar-refractivity contribution is -0.138. The van der Waals surface area contributed by atoms with Gasteiger partial charge >= 0.3 is 5.97 Å². The fourth-order valence-electron chi connectivity index (χ4n) is 3.93. The van der Waals surface area contributed by atoms with E-state index in [0.29, 0.717) is 12.3 Å². The van der Waals surface area contributed by atoms with E-state index in [-0.39, 0.29) is 12.7 Å². The van der Waals surface area contributed by atoms with Crippen LogP contribution in [0.3, 0.4) is 0 Å². The number of unbranched alkanes of at least 4 members (excludes halogenated alkanes) is 13. The zero-order chi connectivity index (χ0) is 23.6. The summed E-state index contributed by atoms with van der Waals surface area (Å²) in [6.45, 7) is 6.50. The molecular formula is C27H56O4. The lowest BCUT2D eigenvalue weighted by Gasteiger charge is -2.14. The first-order chi connectivity index (χ1) is 15.0. The highest BCUT2D eigenvalue weighted by molar-refractivity contribution is 5.66. The summed E-state index contributed by atoms with van der Waals surface area (Å²) in [5, 5.41) is 26.1. The molecule has 0 aromatic heterocycles. The maximum absolute atomic E-state index is 11.0. The molecule has 0 bridgehead atoms. The first-order valence-corrected chi connectivity index (χ1v) is 13.5. The van der Waals surface area contributed by atoms with Crippen LogP contribution in [-0.2, 0) is 4.79 Å². The van der Waals surface area contributed by atoms with Crippen molar-refractivity contribution in [3.05, 3.63) is 0 Å². The smallest absolute Gasteiger partial charge is 0.303 e. The van der Waals surface area contributed by atoms with Crippen molar-refractivity contribution in [2.75, 3.05) is 6.61 Å². The Morgan fingerprint density at radius 3 is 1.39 bits per heavy atom. The van der Waals surface area contributed by atoms with Gasteiger partial charge in [0.05, 0.1) is 6.10 Å². The number of aliphatic hydroxyl groups is 2. The fraction of sp³-hybridized carbons (Fsp3) is 0.963. The number of aliphatic carboxylic acids is 1. The van der Waals surface area contributed by atoms with Crippen LogP contribution in [0.15, 0.2) is 0 Å². The van der Waals surface area contributed by atoms with Gasteiger partial charge in [0.15, 0.2) is 0 Å². The minimum atomic E-state index is -0.611. The largest absolute Gasteiger partial charge is 0.481 e. The molecule has 2 unspecified atom stereocenters. The second-order valence-corrected chi connectivity index (χ2v) is 9.35. The Kier molecular flexibility index (Phi) is 28.8. The van der Waals surface area contributed by atoms with Crippen LogP contribution in [0.5, 0.6) is 0 Å². The molecule has 0 amide bonds. The van der Waals surface area contributed by atoms with Gasteiger partial charge in [0.1, 0.15) is 0 Å². The monoisotopic (exact) mass is 444 g/mol. The van der Waals surface area contributed by atoms with E-state index in [1.165, 1.54) is 89.9 Å². The van der Waals surface area contributed by atoms with E-state index in [9.17, 15) is 4.79 Å². The third kappa shape index (κ3) is 31.7. The van der Waals surface area contributed by atoms with E-state index < -0.39 is 5.97 Å². The Labute approximate surface area is 194 Å². The molecule has 31 heavy (non-hydrogen) atoms. The van der Waals surface area contributed by atoms with Crippen LogP contribution in [0.4, 0.5) is 0 Å². The molecule has 0 aliphatic rings. The Hall–Kier alpha value is -0.610. The molecule has 0 aliphatic heterocycles. The average Bonchev–Trinajstić information content (AvgIpc) is 2.72. The highest BCUT2D eigenvalue weighted by Gasteiger charge is 2.12. The highest BCUT2D eigenvalue weighted by atomic mass is 16.4. The first-order valence-electron chi connectivity index (χ1n) is 13.5. The van der Waals surface area contributed by atoms with Gasteiger partial charge in [-0.3, -0.25) is 4.79 Å². The predicted molar refractivity (Wildman–Crippen MR) is 134 cm³/mol. The lowest BCUT2D eigenvalue weighted by Crippen LogP contribution is -2.08. The summed E-state index contributed by atoms with van der Waals surface area (Å²) in [4.78, 5) is 11.0. The molecule has 4 heteroatoms. The quantitative estimate of drug-likeness (QED) is 0.148. The van der Waals surface area contributed by atoms with Gasteiger partial charge in [0.2, 0.25) is 0 Å². The summed E-state index contributed by atoms with van der Waals surface area (Å²) < 4.78 is 0. The highest BCUT2D eigenvalue weighted by Crippen LogP contribution is 2.22. The molecule has 0 rings (SSSR count). The summed E-state index contributed by atoms with van der Waals surface area (Å²) in [6.07, 6.45) is 23.4. The van der Waals surface area contributed by atoms with Crippen molar-refractivity contribution in [1.29, 1.82) is 0 Å². The van der Waals surface area contributed by atoms with Gasteiger partial charge in [-0.1, -0.05) is 104 Å². The van der Waals surface area contributed by atoms with Gasteiger partial charge in [0, 0.05) is 13.0 Å². The Morgan fingerprint density at radius 1 is 0.645 bits per heavy atom. The second-order valence-electron chi connectivity index (χ2n) is 9.35. The van der Waals surface area contributed by atoms with Crippen LogP contribution in [0, 0.1) is 5.92 Å². The van der Waals surface area contributed by atoms with Crippen LogP contribution in [0.25, 0.3) is 0 Å². The fourth-order valence-corrected chi connectivity index (χ4v) is 3.93. The van der Waals surface area contributed by atoms with Gasteiger partial charge in [0.25, 0.3) is 0 Å². The molecule has 0 saturated heterocycles. The Bertz CT molecular complexity index is 344. The van der Waals surface area contributed by atoms with Crippen LogP contribution in [0.1, 0.15) is 149 Å². The van der Waals surface area contributed by atoms with Crippen molar-refractivity contribution in [2.24, 2.45) is 5.92 Å².